The molecule has 28 heavy (non-hydrogen) atoms. The van der Waals surface area contributed by atoms with Crippen molar-refractivity contribution < 1.29 is 29.0 Å². The Kier molecular flexibility index (Phi) is 6.39. The molecule has 2 aromatic rings. The quantitative estimate of drug-likeness (QED) is 0.738. The molecule has 0 saturated carbocycles. The maximum absolute atomic E-state index is 13.0. The summed E-state index contributed by atoms with van der Waals surface area (Å²) in [6.07, 6.45) is 1.71. The first kappa shape index (κ1) is 19.6. The highest BCUT2D eigenvalue weighted by Gasteiger charge is 2.29. The molecule has 3 rings (SSSR count). The number of hydrogen-bond donors (Lipinski definition) is 1. The molecule has 1 aliphatic heterocycles. The molecule has 1 fully saturated rings. The summed E-state index contributed by atoms with van der Waals surface area (Å²) in [6.45, 7) is 1.41. The lowest BCUT2D eigenvalue weighted by molar-refractivity contribution is -0.00748. The van der Waals surface area contributed by atoms with E-state index in [0.717, 1.165) is 6.29 Å². The van der Waals surface area contributed by atoms with E-state index >= 15 is 0 Å². The number of benzene rings is 2. The molecule has 0 unspecified atom stereocenters. The van der Waals surface area contributed by atoms with E-state index in [1.54, 1.807) is 29.2 Å². The maximum Gasteiger partial charge on any atom is 0.255 e. The predicted molar refractivity (Wildman–Crippen MR) is 101 cm³/mol. The van der Waals surface area contributed by atoms with E-state index < -0.39 is 0 Å². The van der Waals surface area contributed by atoms with Gasteiger partial charge in [-0.15, -0.1) is 0 Å². The number of ether oxygens (including phenoxy) is 2. The standard InChI is InChI=1S/C21H21NO6/c23-12-15-4-1-2-7-20(15)28-10-8-16-14-27-11-9-22(16)21(26)17-5-3-6-19(25)18(17)13-24/h1-7,12-13,16,25H,8-11,14H2/t16-/m1/s1. The van der Waals surface area contributed by atoms with Gasteiger partial charge in [-0.2, -0.15) is 0 Å². The van der Waals surface area contributed by atoms with Crippen molar-refractivity contribution >= 4 is 18.5 Å². The topological polar surface area (TPSA) is 93.1 Å². The first-order valence-corrected chi connectivity index (χ1v) is 8.98. The van der Waals surface area contributed by atoms with Crippen LogP contribution in [0.15, 0.2) is 42.5 Å². The van der Waals surface area contributed by atoms with Crippen LogP contribution in [0.1, 0.15) is 37.5 Å². The Morgan fingerprint density at radius 2 is 2.00 bits per heavy atom. The molecule has 0 aromatic heterocycles. The van der Waals surface area contributed by atoms with Crippen molar-refractivity contribution in [2.45, 2.75) is 12.5 Å². The second kappa shape index (κ2) is 9.14. The number of hydrogen-bond acceptors (Lipinski definition) is 6. The summed E-state index contributed by atoms with van der Waals surface area (Å²) in [5.74, 6) is -0.0672. The average molecular weight is 383 g/mol. The fourth-order valence-corrected chi connectivity index (χ4v) is 3.19. The number of aromatic hydroxyl groups is 1. The lowest BCUT2D eigenvalue weighted by atomic mass is 10.0. The summed E-state index contributed by atoms with van der Waals surface area (Å²) in [7, 11) is 0. The van der Waals surface area contributed by atoms with E-state index in [2.05, 4.69) is 0 Å². The second-order valence-electron chi connectivity index (χ2n) is 6.38. The Morgan fingerprint density at radius 1 is 1.18 bits per heavy atom. The fourth-order valence-electron chi connectivity index (χ4n) is 3.19. The van der Waals surface area contributed by atoms with Crippen LogP contribution in [0.5, 0.6) is 11.5 Å². The van der Waals surface area contributed by atoms with Crippen LogP contribution in [0.2, 0.25) is 0 Å². The van der Waals surface area contributed by atoms with Gasteiger partial charge in [-0.25, -0.2) is 0 Å². The minimum Gasteiger partial charge on any atom is -0.507 e. The zero-order chi connectivity index (χ0) is 19.9. The average Bonchev–Trinajstić information content (AvgIpc) is 2.73. The highest BCUT2D eigenvalue weighted by atomic mass is 16.5. The molecule has 146 valence electrons. The minimum atomic E-state index is -0.334. The monoisotopic (exact) mass is 383 g/mol. The van der Waals surface area contributed by atoms with E-state index in [1.807, 2.05) is 0 Å². The van der Waals surface area contributed by atoms with Crippen LogP contribution in [-0.2, 0) is 4.74 Å². The predicted octanol–water partition coefficient (Wildman–Crippen LogP) is 2.33. The smallest absolute Gasteiger partial charge is 0.255 e. The van der Waals surface area contributed by atoms with Crippen LogP contribution < -0.4 is 4.74 Å². The number of aldehydes is 2. The number of phenols is 1. The molecule has 2 aromatic carbocycles. The Bertz CT molecular complexity index is 866. The van der Waals surface area contributed by atoms with Gasteiger partial charge in [0.25, 0.3) is 5.91 Å². The Morgan fingerprint density at radius 3 is 2.79 bits per heavy atom. The lowest BCUT2D eigenvalue weighted by Gasteiger charge is -2.36. The van der Waals surface area contributed by atoms with Gasteiger partial charge in [0.05, 0.1) is 42.6 Å². The van der Waals surface area contributed by atoms with Crippen LogP contribution in [0.3, 0.4) is 0 Å². The molecule has 0 spiro atoms. The molecular weight excluding hydrogens is 362 g/mol. The number of morpholine rings is 1. The van der Waals surface area contributed by atoms with Crippen LogP contribution in [-0.4, -0.2) is 60.9 Å². The maximum atomic E-state index is 13.0. The van der Waals surface area contributed by atoms with Gasteiger partial charge in [0.2, 0.25) is 0 Å². The van der Waals surface area contributed by atoms with Crippen LogP contribution >= 0.6 is 0 Å². The molecule has 1 N–H and O–H groups in total. The minimum absolute atomic E-state index is 0.0195. The third-order valence-electron chi connectivity index (χ3n) is 4.67. The van der Waals surface area contributed by atoms with E-state index in [-0.39, 0.29) is 28.8 Å². The van der Waals surface area contributed by atoms with Gasteiger partial charge in [-0.05, 0) is 24.3 Å². The first-order valence-electron chi connectivity index (χ1n) is 8.98. The lowest BCUT2D eigenvalue weighted by Crippen LogP contribution is -2.49. The molecule has 0 radical (unpaired) electrons. The van der Waals surface area contributed by atoms with Crippen molar-refractivity contribution in [2.24, 2.45) is 0 Å². The number of para-hydroxylation sites is 1. The van der Waals surface area contributed by atoms with Crippen LogP contribution in [0, 0.1) is 0 Å². The summed E-state index contributed by atoms with van der Waals surface area (Å²) in [6, 6.07) is 11.1. The largest absolute Gasteiger partial charge is 0.507 e. The zero-order valence-corrected chi connectivity index (χ0v) is 15.2. The molecule has 1 heterocycles. The Labute approximate surface area is 162 Å². The molecular formula is C21H21NO6. The summed E-state index contributed by atoms with van der Waals surface area (Å²) in [4.78, 5) is 37.0. The fraction of sp³-hybridized carbons (Fsp3) is 0.286. The summed E-state index contributed by atoms with van der Waals surface area (Å²) in [5, 5.41) is 9.85. The number of carbonyl (C=O) groups excluding carboxylic acids is 3. The van der Waals surface area contributed by atoms with Crippen molar-refractivity contribution in [3.05, 3.63) is 59.2 Å². The highest BCUT2D eigenvalue weighted by Crippen LogP contribution is 2.23. The zero-order valence-electron chi connectivity index (χ0n) is 15.2. The van der Waals surface area contributed by atoms with Crippen molar-refractivity contribution in [1.82, 2.24) is 4.90 Å². The van der Waals surface area contributed by atoms with Crippen molar-refractivity contribution in [1.29, 1.82) is 0 Å². The first-order chi connectivity index (χ1) is 13.7. The molecule has 1 amide bonds. The summed E-state index contributed by atoms with van der Waals surface area (Å²) >= 11 is 0. The van der Waals surface area contributed by atoms with Gasteiger partial charge in [0.15, 0.2) is 12.6 Å². The third-order valence-corrected chi connectivity index (χ3v) is 4.67. The molecule has 0 bridgehead atoms. The van der Waals surface area contributed by atoms with Crippen molar-refractivity contribution in [3.8, 4) is 11.5 Å². The summed E-state index contributed by atoms with van der Waals surface area (Å²) in [5.41, 5.74) is 0.605. The number of rotatable bonds is 7. The van der Waals surface area contributed by atoms with E-state index in [9.17, 15) is 19.5 Å². The molecule has 1 aliphatic rings. The molecule has 7 nitrogen and oxygen atoms in total. The van der Waals surface area contributed by atoms with Gasteiger partial charge in [-0.1, -0.05) is 18.2 Å². The van der Waals surface area contributed by atoms with E-state index in [1.165, 1.54) is 18.2 Å². The number of phenolic OH excluding ortho intramolecular Hbond substituents is 1. The van der Waals surface area contributed by atoms with E-state index in [0.29, 0.717) is 50.4 Å². The molecule has 1 saturated heterocycles. The highest BCUT2D eigenvalue weighted by molar-refractivity contribution is 6.03. The third kappa shape index (κ3) is 4.20. The summed E-state index contributed by atoms with van der Waals surface area (Å²) < 4.78 is 11.2. The Hall–Kier alpha value is -3.19. The van der Waals surface area contributed by atoms with Gasteiger partial charge >= 0.3 is 0 Å². The normalized spacial score (nSPS) is 16.4. The van der Waals surface area contributed by atoms with Gasteiger partial charge in [0.1, 0.15) is 11.5 Å². The van der Waals surface area contributed by atoms with Crippen LogP contribution in [0.4, 0.5) is 0 Å². The number of amides is 1. The van der Waals surface area contributed by atoms with Crippen molar-refractivity contribution in [3.63, 3.8) is 0 Å². The van der Waals surface area contributed by atoms with Gasteiger partial charge in [-0.3, -0.25) is 14.4 Å². The van der Waals surface area contributed by atoms with E-state index in [4.69, 9.17) is 9.47 Å². The number of nitrogens with zero attached hydrogens (tertiary/aromatic N) is 1. The molecule has 7 heteroatoms. The van der Waals surface area contributed by atoms with Crippen LogP contribution in [0.25, 0.3) is 0 Å². The van der Waals surface area contributed by atoms with Gasteiger partial charge < -0.3 is 19.5 Å². The number of carbonyl (C=O) groups is 3. The van der Waals surface area contributed by atoms with Gasteiger partial charge in [0, 0.05) is 13.0 Å². The second-order valence-corrected chi connectivity index (χ2v) is 6.38. The van der Waals surface area contributed by atoms with Crippen molar-refractivity contribution in [2.75, 3.05) is 26.4 Å². The molecule has 1 atom stereocenters. The Balaban J connectivity index is 1.70. The SMILES string of the molecule is O=Cc1ccccc1OCC[C@@H]1COCCN1C(=O)c1cccc(O)c1C=O. The molecule has 0 aliphatic carbocycles.